The standard InChI is InChI=1S/C12H21N3O2/c1-9-7-10(14-15(9)2)11(16)12(8-13)3-5-17-6-4-12/h7,11,16H,3-6,8,13H2,1-2H3/t11-/m1/s1. The fraction of sp³-hybridized carbons (Fsp3) is 0.750. The van der Waals surface area contributed by atoms with Gasteiger partial charge in [0.15, 0.2) is 0 Å². The molecule has 0 aromatic carbocycles. The number of nitrogens with zero attached hydrogens (tertiary/aromatic N) is 2. The van der Waals surface area contributed by atoms with Crippen molar-refractivity contribution in [2.45, 2.75) is 25.9 Å². The summed E-state index contributed by atoms with van der Waals surface area (Å²) in [5, 5.41) is 14.9. The topological polar surface area (TPSA) is 73.3 Å². The van der Waals surface area contributed by atoms with Crippen LogP contribution in [0.3, 0.4) is 0 Å². The maximum absolute atomic E-state index is 10.5. The van der Waals surface area contributed by atoms with Crippen molar-refractivity contribution in [2.75, 3.05) is 19.8 Å². The highest BCUT2D eigenvalue weighted by atomic mass is 16.5. The van der Waals surface area contributed by atoms with Crippen LogP contribution in [0.5, 0.6) is 0 Å². The minimum atomic E-state index is -0.601. The molecule has 0 bridgehead atoms. The van der Waals surface area contributed by atoms with Gasteiger partial charge in [-0.25, -0.2) is 0 Å². The second kappa shape index (κ2) is 4.76. The van der Waals surface area contributed by atoms with E-state index in [0.717, 1.165) is 24.2 Å². The molecule has 3 N–H and O–H groups in total. The van der Waals surface area contributed by atoms with E-state index >= 15 is 0 Å². The minimum absolute atomic E-state index is 0.279. The van der Waals surface area contributed by atoms with Crippen LogP contribution in [0.1, 0.15) is 30.3 Å². The van der Waals surface area contributed by atoms with Gasteiger partial charge in [-0.3, -0.25) is 4.68 Å². The molecule has 5 nitrogen and oxygen atoms in total. The van der Waals surface area contributed by atoms with Gasteiger partial charge in [0.25, 0.3) is 0 Å². The van der Waals surface area contributed by atoms with E-state index in [2.05, 4.69) is 5.10 Å². The maximum Gasteiger partial charge on any atom is 0.105 e. The van der Waals surface area contributed by atoms with Crippen molar-refractivity contribution >= 4 is 0 Å². The molecule has 1 aromatic heterocycles. The zero-order valence-corrected chi connectivity index (χ0v) is 10.5. The van der Waals surface area contributed by atoms with E-state index in [1.165, 1.54) is 0 Å². The van der Waals surface area contributed by atoms with Crippen molar-refractivity contribution in [3.63, 3.8) is 0 Å². The molecule has 0 amide bonds. The highest BCUT2D eigenvalue weighted by Gasteiger charge is 2.40. The predicted octanol–water partition coefficient (Wildman–Crippen LogP) is 0.517. The summed E-state index contributed by atoms with van der Waals surface area (Å²) < 4.78 is 7.13. The summed E-state index contributed by atoms with van der Waals surface area (Å²) in [7, 11) is 1.88. The van der Waals surface area contributed by atoms with E-state index < -0.39 is 6.10 Å². The Balaban J connectivity index is 2.24. The lowest BCUT2D eigenvalue weighted by molar-refractivity contribution is -0.0599. The molecule has 5 heteroatoms. The van der Waals surface area contributed by atoms with Crippen LogP contribution in [0.15, 0.2) is 6.07 Å². The molecule has 1 fully saturated rings. The van der Waals surface area contributed by atoms with Gasteiger partial charge in [0.05, 0.1) is 5.69 Å². The van der Waals surface area contributed by atoms with Gasteiger partial charge in [-0.2, -0.15) is 5.10 Å². The van der Waals surface area contributed by atoms with E-state index in [-0.39, 0.29) is 5.41 Å². The molecule has 1 aliphatic rings. The highest BCUT2D eigenvalue weighted by Crippen LogP contribution is 2.41. The molecule has 96 valence electrons. The largest absolute Gasteiger partial charge is 0.386 e. The average Bonchev–Trinajstić information content (AvgIpc) is 2.69. The zero-order valence-electron chi connectivity index (χ0n) is 10.5. The van der Waals surface area contributed by atoms with Gasteiger partial charge in [-0.15, -0.1) is 0 Å². The number of rotatable bonds is 3. The third-order valence-corrected chi connectivity index (χ3v) is 3.89. The fourth-order valence-electron chi connectivity index (χ4n) is 2.40. The van der Waals surface area contributed by atoms with Crippen LogP contribution in [0.2, 0.25) is 0 Å². The second-order valence-corrected chi connectivity index (χ2v) is 4.92. The Morgan fingerprint density at radius 3 is 2.71 bits per heavy atom. The van der Waals surface area contributed by atoms with Crippen LogP contribution < -0.4 is 5.73 Å². The molecule has 1 aliphatic heterocycles. The lowest BCUT2D eigenvalue weighted by Gasteiger charge is -2.39. The van der Waals surface area contributed by atoms with Crippen molar-refractivity contribution in [3.8, 4) is 0 Å². The Hall–Kier alpha value is -0.910. The quantitative estimate of drug-likeness (QED) is 0.806. The normalized spacial score (nSPS) is 21.4. The number of nitrogens with two attached hydrogens (primary N) is 1. The number of hydrogen-bond donors (Lipinski definition) is 2. The van der Waals surface area contributed by atoms with Gasteiger partial charge in [-0.1, -0.05) is 0 Å². The summed E-state index contributed by atoms with van der Waals surface area (Å²) in [6, 6.07) is 1.93. The van der Waals surface area contributed by atoms with Crippen molar-refractivity contribution in [1.82, 2.24) is 9.78 Å². The van der Waals surface area contributed by atoms with Crippen molar-refractivity contribution < 1.29 is 9.84 Å². The van der Waals surface area contributed by atoms with Crippen LogP contribution in [0, 0.1) is 12.3 Å². The molecular formula is C12H21N3O2. The Kier molecular flexibility index (Phi) is 3.51. The molecule has 0 aliphatic carbocycles. The van der Waals surface area contributed by atoms with E-state index in [0.29, 0.717) is 19.8 Å². The first-order valence-corrected chi connectivity index (χ1v) is 6.05. The summed E-state index contributed by atoms with van der Waals surface area (Å²) in [5.74, 6) is 0. The molecule has 1 saturated heterocycles. The van der Waals surface area contributed by atoms with E-state index in [1.54, 1.807) is 4.68 Å². The Morgan fingerprint density at radius 1 is 1.59 bits per heavy atom. The SMILES string of the molecule is Cc1cc([C@@H](O)C2(CN)CCOCC2)nn1C. The predicted molar refractivity (Wildman–Crippen MR) is 64.4 cm³/mol. The molecule has 2 heterocycles. The lowest BCUT2D eigenvalue weighted by atomic mass is 9.74. The summed E-state index contributed by atoms with van der Waals surface area (Å²) in [4.78, 5) is 0. The van der Waals surface area contributed by atoms with Gasteiger partial charge >= 0.3 is 0 Å². The minimum Gasteiger partial charge on any atom is -0.386 e. The number of aromatic nitrogens is 2. The first-order valence-electron chi connectivity index (χ1n) is 6.05. The maximum atomic E-state index is 10.5. The van der Waals surface area contributed by atoms with Gasteiger partial charge in [-0.05, 0) is 25.8 Å². The van der Waals surface area contributed by atoms with Crippen LogP contribution in [-0.2, 0) is 11.8 Å². The highest BCUT2D eigenvalue weighted by molar-refractivity contribution is 5.14. The van der Waals surface area contributed by atoms with Gasteiger partial charge in [0, 0.05) is 37.9 Å². The lowest BCUT2D eigenvalue weighted by Crippen LogP contribution is -2.41. The molecule has 0 unspecified atom stereocenters. The van der Waals surface area contributed by atoms with Gasteiger partial charge < -0.3 is 15.6 Å². The van der Waals surface area contributed by atoms with Crippen LogP contribution >= 0.6 is 0 Å². The van der Waals surface area contributed by atoms with Crippen LogP contribution in [0.25, 0.3) is 0 Å². The van der Waals surface area contributed by atoms with Crippen LogP contribution in [-0.4, -0.2) is 34.6 Å². The summed E-state index contributed by atoms with van der Waals surface area (Å²) in [6.45, 7) is 3.77. The third kappa shape index (κ3) is 2.22. The number of aryl methyl sites for hydroxylation is 2. The van der Waals surface area contributed by atoms with E-state index in [1.807, 2.05) is 20.0 Å². The van der Waals surface area contributed by atoms with Crippen molar-refractivity contribution in [3.05, 3.63) is 17.5 Å². The number of aliphatic hydroxyl groups excluding tert-OH is 1. The molecule has 0 radical (unpaired) electrons. The summed E-state index contributed by atoms with van der Waals surface area (Å²) in [5.41, 5.74) is 7.35. The average molecular weight is 239 g/mol. The monoisotopic (exact) mass is 239 g/mol. The molecule has 1 aromatic rings. The van der Waals surface area contributed by atoms with Crippen molar-refractivity contribution in [2.24, 2.45) is 18.2 Å². The van der Waals surface area contributed by atoms with Crippen LogP contribution in [0.4, 0.5) is 0 Å². The number of hydrogen-bond acceptors (Lipinski definition) is 4. The third-order valence-electron chi connectivity index (χ3n) is 3.89. The Labute approximate surface area is 102 Å². The van der Waals surface area contributed by atoms with Crippen molar-refractivity contribution in [1.29, 1.82) is 0 Å². The molecule has 0 saturated carbocycles. The van der Waals surface area contributed by atoms with Gasteiger partial charge in [0.2, 0.25) is 0 Å². The summed E-state index contributed by atoms with van der Waals surface area (Å²) in [6.07, 6.45) is 0.983. The molecule has 2 rings (SSSR count). The fourth-order valence-corrected chi connectivity index (χ4v) is 2.40. The first-order chi connectivity index (χ1) is 8.09. The van der Waals surface area contributed by atoms with E-state index in [4.69, 9.17) is 10.5 Å². The Bertz CT molecular complexity index is 364. The molecular weight excluding hydrogens is 218 g/mol. The molecule has 0 spiro atoms. The molecule has 17 heavy (non-hydrogen) atoms. The van der Waals surface area contributed by atoms with Gasteiger partial charge in [0.1, 0.15) is 6.10 Å². The van der Waals surface area contributed by atoms with E-state index in [9.17, 15) is 5.11 Å². The molecule has 1 atom stereocenters. The zero-order chi connectivity index (χ0) is 12.5. The first kappa shape index (κ1) is 12.5. The second-order valence-electron chi connectivity index (χ2n) is 4.92. The Morgan fingerprint density at radius 2 is 2.24 bits per heavy atom. The number of aliphatic hydroxyl groups is 1. The summed E-state index contributed by atoms with van der Waals surface area (Å²) >= 11 is 0. The smallest absolute Gasteiger partial charge is 0.105 e. The number of ether oxygens (including phenoxy) is 1.